The van der Waals surface area contributed by atoms with Gasteiger partial charge in [-0.25, -0.2) is 9.79 Å². The molecule has 1 aromatic heterocycles. The van der Waals surface area contributed by atoms with Gasteiger partial charge in [-0.05, 0) is 60.7 Å². The lowest BCUT2D eigenvalue weighted by Gasteiger charge is -2.26. The number of thiazole rings is 1. The van der Waals surface area contributed by atoms with Crippen LogP contribution in [-0.2, 0) is 9.53 Å². The molecular formula is C36H28N4O9S2. The molecule has 0 radical (unpaired) electrons. The Labute approximate surface area is 298 Å². The van der Waals surface area contributed by atoms with Crippen molar-refractivity contribution in [3.05, 3.63) is 153 Å². The Bertz CT molecular complexity index is 2390. The number of nitro benzene ring substituents is 2. The Morgan fingerprint density at radius 3 is 2.33 bits per heavy atom. The third-order valence-electron chi connectivity index (χ3n) is 7.86. The Balaban J connectivity index is 1.48. The van der Waals surface area contributed by atoms with Gasteiger partial charge in [-0.2, -0.15) is 0 Å². The molecule has 0 bridgehead atoms. The average molecular weight is 725 g/mol. The maximum atomic E-state index is 14.3. The molecule has 0 spiro atoms. The van der Waals surface area contributed by atoms with Gasteiger partial charge in [-0.1, -0.05) is 59.9 Å². The molecule has 0 saturated heterocycles. The summed E-state index contributed by atoms with van der Waals surface area (Å²) >= 11 is 2.72. The lowest BCUT2D eigenvalue weighted by molar-refractivity contribution is -0.394. The van der Waals surface area contributed by atoms with Crippen LogP contribution in [0.4, 0.5) is 11.4 Å². The normalized spacial score (nSPS) is 14.0. The van der Waals surface area contributed by atoms with Gasteiger partial charge >= 0.3 is 11.7 Å². The van der Waals surface area contributed by atoms with Crippen LogP contribution in [0.3, 0.4) is 0 Å². The molecule has 0 aliphatic carbocycles. The summed E-state index contributed by atoms with van der Waals surface area (Å²) in [5.74, 6) is -0.510. The summed E-state index contributed by atoms with van der Waals surface area (Å²) in [5.41, 5.74) is 1.15. The molecule has 1 aliphatic heterocycles. The van der Waals surface area contributed by atoms with Crippen LogP contribution in [0.15, 0.2) is 111 Å². The first-order valence-corrected chi connectivity index (χ1v) is 17.4. The maximum absolute atomic E-state index is 14.3. The number of thioether (sulfide) groups is 1. The number of nitrogens with zero attached hydrogens (tertiary/aromatic N) is 4. The van der Waals surface area contributed by atoms with Crippen molar-refractivity contribution in [2.45, 2.75) is 17.9 Å². The van der Waals surface area contributed by atoms with E-state index in [1.807, 2.05) is 60.9 Å². The Kier molecular flexibility index (Phi) is 10.1. The van der Waals surface area contributed by atoms with Crippen LogP contribution in [0.1, 0.15) is 29.7 Å². The van der Waals surface area contributed by atoms with Crippen molar-refractivity contribution in [1.82, 2.24) is 4.57 Å². The van der Waals surface area contributed by atoms with Crippen molar-refractivity contribution in [2.75, 3.05) is 20.0 Å². The van der Waals surface area contributed by atoms with E-state index in [2.05, 4.69) is 0 Å². The van der Waals surface area contributed by atoms with Crippen molar-refractivity contribution < 1.29 is 28.9 Å². The van der Waals surface area contributed by atoms with Crippen LogP contribution < -0.4 is 24.4 Å². The van der Waals surface area contributed by atoms with E-state index in [1.54, 1.807) is 36.9 Å². The topological polar surface area (TPSA) is 165 Å². The molecular weight excluding hydrogens is 697 g/mol. The molecule has 0 N–H and O–H groups in total. The van der Waals surface area contributed by atoms with Gasteiger partial charge in [0.05, 0.1) is 51.5 Å². The average Bonchev–Trinajstić information content (AvgIpc) is 3.45. The fourth-order valence-corrected chi connectivity index (χ4v) is 6.93. The van der Waals surface area contributed by atoms with E-state index in [0.717, 1.165) is 34.4 Å². The molecule has 1 aliphatic rings. The molecule has 15 heteroatoms. The standard InChI is InChI=1S/C36H28N4O9S2/c1-4-48-35(42)31-32(22-8-6-5-7-9-22)37-36-38(33(31)23-11-14-25(50-3)15-12-23)34(41)30(51-36)19-21-10-16-28(29(18-21)47-2)49-27-17-13-24(39(43)44)20-26(27)40(45)46/h5-20,33H,4H2,1-3H3/b30-19-/t33-/m0/s1. The van der Waals surface area contributed by atoms with Crippen molar-refractivity contribution in [3.8, 4) is 17.2 Å². The first-order valence-electron chi connectivity index (χ1n) is 15.3. The molecule has 258 valence electrons. The number of carbonyl (C=O) groups is 1. The summed E-state index contributed by atoms with van der Waals surface area (Å²) in [6.45, 7) is 1.85. The van der Waals surface area contributed by atoms with Gasteiger partial charge in [0.25, 0.3) is 11.2 Å². The fourth-order valence-electron chi connectivity index (χ4n) is 5.52. The van der Waals surface area contributed by atoms with Gasteiger partial charge in [0.1, 0.15) is 0 Å². The van der Waals surface area contributed by atoms with Crippen molar-refractivity contribution in [3.63, 3.8) is 0 Å². The SMILES string of the molecule is CCOC(=O)C1=C(c2ccccc2)N=c2s/c(=C\c3ccc(Oc4ccc([N+](=O)[O-])cc4[N+](=O)[O-])c(OC)c3)c(=O)n2[C@H]1c1ccc(SC)cc1. The lowest BCUT2D eigenvalue weighted by Crippen LogP contribution is -2.40. The second kappa shape index (κ2) is 14.8. The molecule has 0 unspecified atom stereocenters. The number of carbonyl (C=O) groups excluding carboxylic acids is 1. The van der Waals surface area contributed by atoms with Crippen LogP contribution in [0.5, 0.6) is 17.2 Å². The molecule has 1 atom stereocenters. The summed E-state index contributed by atoms with van der Waals surface area (Å²) in [6.07, 6.45) is 3.61. The number of rotatable bonds is 11. The zero-order valence-corrected chi connectivity index (χ0v) is 28.9. The highest BCUT2D eigenvalue weighted by molar-refractivity contribution is 7.98. The highest BCUT2D eigenvalue weighted by atomic mass is 32.2. The van der Waals surface area contributed by atoms with Gasteiger partial charge in [0.2, 0.25) is 5.75 Å². The summed E-state index contributed by atoms with van der Waals surface area (Å²) in [6, 6.07) is 23.8. The number of nitro groups is 2. The molecule has 5 aromatic rings. The summed E-state index contributed by atoms with van der Waals surface area (Å²) in [7, 11) is 1.38. The number of non-ortho nitro benzene ring substituents is 1. The van der Waals surface area contributed by atoms with E-state index in [1.165, 1.54) is 17.7 Å². The van der Waals surface area contributed by atoms with E-state index in [0.29, 0.717) is 31.7 Å². The molecule has 0 fully saturated rings. The molecule has 0 amide bonds. The fraction of sp³-hybridized carbons (Fsp3) is 0.139. The molecule has 0 saturated carbocycles. The zero-order chi connectivity index (χ0) is 36.2. The van der Waals surface area contributed by atoms with Crippen LogP contribution in [0.2, 0.25) is 0 Å². The minimum atomic E-state index is -0.837. The van der Waals surface area contributed by atoms with Gasteiger partial charge in [0.15, 0.2) is 16.3 Å². The predicted octanol–water partition coefficient (Wildman–Crippen LogP) is 6.27. The maximum Gasteiger partial charge on any atom is 0.338 e. The molecule has 4 aromatic carbocycles. The van der Waals surface area contributed by atoms with E-state index < -0.39 is 33.2 Å². The summed E-state index contributed by atoms with van der Waals surface area (Å²) in [4.78, 5) is 55.5. The zero-order valence-electron chi connectivity index (χ0n) is 27.3. The van der Waals surface area contributed by atoms with Crippen molar-refractivity contribution >= 4 is 52.2 Å². The molecule has 13 nitrogen and oxygen atoms in total. The summed E-state index contributed by atoms with van der Waals surface area (Å²) in [5, 5.41) is 22.8. The van der Waals surface area contributed by atoms with Crippen LogP contribution in [0.25, 0.3) is 11.8 Å². The van der Waals surface area contributed by atoms with Gasteiger partial charge in [-0.3, -0.25) is 29.6 Å². The number of ether oxygens (including phenoxy) is 3. The monoisotopic (exact) mass is 724 g/mol. The van der Waals surface area contributed by atoms with Crippen molar-refractivity contribution in [1.29, 1.82) is 0 Å². The number of aromatic nitrogens is 1. The third kappa shape index (κ3) is 7.02. The quantitative estimate of drug-likeness (QED) is 0.0656. The van der Waals surface area contributed by atoms with Crippen molar-refractivity contribution in [2.24, 2.45) is 4.99 Å². The predicted molar refractivity (Wildman–Crippen MR) is 192 cm³/mol. The number of fused-ring (bicyclic) bond motifs is 1. The Morgan fingerprint density at radius 1 is 0.961 bits per heavy atom. The second-order valence-corrected chi connectivity index (χ2v) is 12.8. The van der Waals surface area contributed by atoms with Crippen LogP contribution >= 0.6 is 23.1 Å². The third-order valence-corrected chi connectivity index (χ3v) is 9.59. The van der Waals surface area contributed by atoms with E-state index in [9.17, 15) is 29.8 Å². The Morgan fingerprint density at radius 2 is 1.69 bits per heavy atom. The smallest absolute Gasteiger partial charge is 0.338 e. The van der Waals surface area contributed by atoms with Gasteiger partial charge < -0.3 is 14.2 Å². The molecule has 51 heavy (non-hydrogen) atoms. The summed E-state index contributed by atoms with van der Waals surface area (Å²) < 4.78 is 18.6. The van der Waals surface area contributed by atoms with E-state index in [4.69, 9.17) is 19.2 Å². The highest BCUT2D eigenvalue weighted by Gasteiger charge is 2.35. The lowest BCUT2D eigenvalue weighted by atomic mass is 9.93. The number of hydrogen-bond acceptors (Lipinski definition) is 12. The first kappa shape index (κ1) is 34.8. The minimum Gasteiger partial charge on any atom is -0.493 e. The van der Waals surface area contributed by atoms with Gasteiger partial charge in [-0.15, -0.1) is 11.8 Å². The molecule has 2 heterocycles. The second-order valence-electron chi connectivity index (χ2n) is 10.9. The highest BCUT2D eigenvalue weighted by Crippen LogP contribution is 2.39. The van der Waals surface area contributed by atoms with Crippen LogP contribution in [0, 0.1) is 20.2 Å². The number of methoxy groups -OCH3 is 1. The largest absolute Gasteiger partial charge is 0.493 e. The first-order chi connectivity index (χ1) is 24.6. The molecule has 6 rings (SSSR count). The minimum absolute atomic E-state index is 0.105. The number of hydrogen-bond donors (Lipinski definition) is 0. The van der Waals surface area contributed by atoms with E-state index in [-0.39, 0.29) is 35.0 Å². The number of esters is 1. The van der Waals surface area contributed by atoms with Gasteiger partial charge in [0, 0.05) is 16.5 Å². The Hall–Kier alpha value is -6.06. The number of benzene rings is 4. The van der Waals surface area contributed by atoms with E-state index >= 15 is 0 Å². The van der Waals surface area contributed by atoms with Crippen LogP contribution in [-0.4, -0.2) is 40.4 Å².